The highest BCUT2D eigenvalue weighted by Crippen LogP contribution is 2.18. The average Bonchev–Trinajstić information content (AvgIpc) is 2.56. The van der Waals surface area contributed by atoms with Crippen LogP contribution in [0.4, 0.5) is 5.69 Å². The average molecular weight is 385 g/mol. The van der Waals surface area contributed by atoms with Crippen LogP contribution in [0.25, 0.3) is 0 Å². The van der Waals surface area contributed by atoms with Crippen LogP contribution >= 0.6 is 0 Å². The van der Waals surface area contributed by atoms with Gasteiger partial charge < -0.3 is 15.4 Å². The number of unbranched alkanes of at least 4 members (excludes halogenated alkanes) is 1. The predicted molar refractivity (Wildman–Crippen MR) is 100 cm³/mol. The maximum absolute atomic E-state index is 12.2. The first-order chi connectivity index (χ1) is 12.2. The van der Waals surface area contributed by atoms with E-state index in [9.17, 15) is 18.0 Å². The van der Waals surface area contributed by atoms with E-state index in [2.05, 4.69) is 15.4 Å². The van der Waals surface area contributed by atoms with Gasteiger partial charge >= 0.3 is 0 Å². The van der Waals surface area contributed by atoms with Gasteiger partial charge in [-0.15, -0.1) is 0 Å². The van der Waals surface area contributed by atoms with Gasteiger partial charge in [-0.3, -0.25) is 14.3 Å². The monoisotopic (exact) mass is 385 g/mol. The standard InChI is InChI=1S/C17H27N3O5S/c1-13(17(22)19-10-5-4-9-18-14(2)21)12-26(23,24)20-15-7-6-8-16(11-15)25-3/h6-8,11,13,20H,4-5,9-10,12H2,1-3H3,(H,18,21)(H,19,22). The molecule has 1 atom stereocenters. The number of hydrogen-bond donors (Lipinski definition) is 3. The third kappa shape index (κ3) is 8.70. The molecule has 1 aromatic rings. The van der Waals surface area contributed by atoms with Crippen molar-refractivity contribution in [1.82, 2.24) is 10.6 Å². The van der Waals surface area contributed by atoms with Gasteiger partial charge in [0.1, 0.15) is 5.75 Å². The molecule has 1 aromatic carbocycles. The minimum absolute atomic E-state index is 0.0867. The van der Waals surface area contributed by atoms with Crippen molar-refractivity contribution in [2.45, 2.75) is 26.7 Å². The van der Waals surface area contributed by atoms with Crippen molar-refractivity contribution in [1.29, 1.82) is 0 Å². The fourth-order valence-corrected chi connectivity index (χ4v) is 3.59. The molecule has 0 saturated carbocycles. The van der Waals surface area contributed by atoms with Crippen molar-refractivity contribution in [3.8, 4) is 5.75 Å². The summed E-state index contributed by atoms with van der Waals surface area (Å²) in [6, 6.07) is 6.56. The van der Waals surface area contributed by atoms with Gasteiger partial charge in [0, 0.05) is 26.1 Å². The summed E-state index contributed by atoms with van der Waals surface area (Å²) in [6.45, 7) is 4.01. The summed E-state index contributed by atoms with van der Waals surface area (Å²) in [6.07, 6.45) is 1.44. The molecule has 8 nitrogen and oxygen atoms in total. The Balaban J connectivity index is 2.40. The number of carbonyl (C=O) groups excluding carboxylic acids is 2. The third-order valence-corrected chi connectivity index (χ3v) is 5.02. The molecule has 146 valence electrons. The Morgan fingerprint density at radius 1 is 1.15 bits per heavy atom. The summed E-state index contributed by atoms with van der Waals surface area (Å²) in [7, 11) is -2.17. The largest absolute Gasteiger partial charge is 0.497 e. The van der Waals surface area contributed by atoms with Crippen molar-refractivity contribution in [2.24, 2.45) is 5.92 Å². The van der Waals surface area contributed by atoms with Crippen molar-refractivity contribution in [2.75, 3.05) is 30.7 Å². The second-order valence-corrected chi connectivity index (χ2v) is 7.76. The summed E-state index contributed by atoms with van der Waals surface area (Å²) in [5.41, 5.74) is 0.384. The van der Waals surface area contributed by atoms with E-state index in [0.717, 1.165) is 6.42 Å². The number of sulfonamides is 1. The molecule has 0 bridgehead atoms. The number of nitrogens with one attached hydrogen (secondary N) is 3. The second kappa shape index (κ2) is 10.6. The number of amides is 2. The van der Waals surface area contributed by atoms with E-state index in [1.807, 2.05) is 0 Å². The molecule has 3 N–H and O–H groups in total. The molecular formula is C17H27N3O5S. The first-order valence-electron chi connectivity index (χ1n) is 8.40. The van der Waals surface area contributed by atoms with Crippen LogP contribution in [0.1, 0.15) is 26.7 Å². The molecule has 0 fully saturated rings. The summed E-state index contributed by atoms with van der Waals surface area (Å²) in [5.74, 6) is -0.872. The molecule has 0 aliphatic heterocycles. The highest BCUT2D eigenvalue weighted by molar-refractivity contribution is 7.92. The lowest BCUT2D eigenvalue weighted by Gasteiger charge is -2.14. The Hall–Kier alpha value is -2.29. The van der Waals surface area contributed by atoms with Crippen LogP contribution in [0.15, 0.2) is 24.3 Å². The van der Waals surface area contributed by atoms with Crippen LogP contribution in [0.3, 0.4) is 0 Å². The third-order valence-electron chi connectivity index (χ3n) is 3.54. The molecule has 0 aromatic heterocycles. The second-order valence-electron chi connectivity index (χ2n) is 6.00. The Bertz CT molecular complexity index is 706. The lowest BCUT2D eigenvalue weighted by molar-refractivity contribution is -0.124. The van der Waals surface area contributed by atoms with Crippen molar-refractivity contribution in [3.63, 3.8) is 0 Å². The van der Waals surface area contributed by atoms with Crippen molar-refractivity contribution in [3.05, 3.63) is 24.3 Å². The molecule has 0 aliphatic carbocycles. The lowest BCUT2D eigenvalue weighted by Crippen LogP contribution is -2.35. The fraction of sp³-hybridized carbons (Fsp3) is 0.529. The molecule has 0 spiro atoms. The highest BCUT2D eigenvalue weighted by Gasteiger charge is 2.21. The van der Waals surface area contributed by atoms with E-state index in [0.29, 0.717) is 30.9 Å². The van der Waals surface area contributed by atoms with E-state index in [1.165, 1.54) is 14.0 Å². The van der Waals surface area contributed by atoms with Crippen LogP contribution in [0.5, 0.6) is 5.75 Å². The molecule has 0 heterocycles. The van der Waals surface area contributed by atoms with E-state index >= 15 is 0 Å². The number of rotatable bonds is 11. The normalized spacial score (nSPS) is 12.1. The Labute approximate surface area is 154 Å². The zero-order valence-corrected chi connectivity index (χ0v) is 16.2. The SMILES string of the molecule is COc1cccc(NS(=O)(=O)CC(C)C(=O)NCCCCNC(C)=O)c1. The number of benzene rings is 1. The molecule has 1 unspecified atom stereocenters. The first-order valence-corrected chi connectivity index (χ1v) is 10.1. The van der Waals surface area contributed by atoms with Gasteiger partial charge in [0.15, 0.2) is 0 Å². The molecular weight excluding hydrogens is 358 g/mol. The summed E-state index contributed by atoms with van der Waals surface area (Å²) < 4.78 is 31.9. The van der Waals surface area contributed by atoms with E-state index in [1.54, 1.807) is 31.2 Å². The van der Waals surface area contributed by atoms with Crippen molar-refractivity contribution >= 4 is 27.5 Å². The van der Waals surface area contributed by atoms with Gasteiger partial charge in [0.2, 0.25) is 21.8 Å². The van der Waals surface area contributed by atoms with Crippen LogP contribution < -0.4 is 20.1 Å². The molecule has 26 heavy (non-hydrogen) atoms. The van der Waals surface area contributed by atoms with Crippen molar-refractivity contribution < 1.29 is 22.7 Å². The Morgan fingerprint density at radius 3 is 2.42 bits per heavy atom. The van der Waals surface area contributed by atoms with E-state index in [-0.39, 0.29) is 17.6 Å². The quantitative estimate of drug-likeness (QED) is 0.494. The van der Waals surface area contributed by atoms with E-state index in [4.69, 9.17) is 4.74 Å². The van der Waals surface area contributed by atoms with Gasteiger partial charge in [0.05, 0.1) is 24.5 Å². The number of methoxy groups -OCH3 is 1. The maximum atomic E-state index is 12.2. The van der Waals surface area contributed by atoms with Gasteiger partial charge in [-0.25, -0.2) is 8.42 Å². The minimum atomic E-state index is -3.67. The summed E-state index contributed by atoms with van der Waals surface area (Å²) in [5, 5.41) is 5.38. The molecule has 2 amide bonds. The predicted octanol–water partition coefficient (Wildman–Crippen LogP) is 1.11. The number of carbonyl (C=O) groups is 2. The smallest absolute Gasteiger partial charge is 0.233 e. The van der Waals surface area contributed by atoms with E-state index < -0.39 is 15.9 Å². The topological polar surface area (TPSA) is 114 Å². The van der Waals surface area contributed by atoms with Crippen LogP contribution in [0.2, 0.25) is 0 Å². The van der Waals surface area contributed by atoms with Crippen LogP contribution in [0, 0.1) is 5.92 Å². The lowest BCUT2D eigenvalue weighted by atomic mass is 10.2. The van der Waals surface area contributed by atoms with Gasteiger partial charge in [-0.2, -0.15) is 0 Å². The maximum Gasteiger partial charge on any atom is 0.233 e. The number of hydrogen-bond acceptors (Lipinski definition) is 5. The number of anilines is 1. The Kier molecular flexibility index (Phi) is 8.91. The zero-order chi connectivity index (χ0) is 19.6. The Morgan fingerprint density at radius 2 is 1.81 bits per heavy atom. The van der Waals surface area contributed by atoms with Gasteiger partial charge in [0.25, 0.3) is 0 Å². The van der Waals surface area contributed by atoms with Crippen LogP contribution in [-0.4, -0.2) is 46.2 Å². The molecule has 0 radical (unpaired) electrons. The first kappa shape index (κ1) is 21.8. The van der Waals surface area contributed by atoms with Gasteiger partial charge in [-0.1, -0.05) is 13.0 Å². The molecule has 0 aliphatic rings. The van der Waals surface area contributed by atoms with Gasteiger partial charge in [-0.05, 0) is 25.0 Å². The summed E-state index contributed by atoms with van der Waals surface area (Å²) >= 11 is 0. The fourth-order valence-electron chi connectivity index (χ4n) is 2.21. The van der Waals surface area contributed by atoms with Crippen LogP contribution in [-0.2, 0) is 19.6 Å². The number of ether oxygens (including phenoxy) is 1. The highest BCUT2D eigenvalue weighted by atomic mass is 32.2. The summed E-state index contributed by atoms with van der Waals surface area (Å²) in [4.78, 5) is 22.7. The molecule has 9 heteroatoms. The minimum Gasteiger partial charge on any atom is -0.497 e. The molecule has 0 saturated heterocycles. The zero-order valence-electron chi connectivity index (χ0n) is 15.4. The molecule has 1 rings (SSSR count).